The molecule has 0 amide bonds. The largest absolute Gasteiger partial charge is 0.478 e. The lowest BCUT2D eigenvalue weighted by Gasteiger charge is -2.08. The highest BCUT2D eigenvalue weighted by atomic mass is 19.1. The van der Waals surface area contributed by atoms with Crippen LogP contribution in [0.25, 0.3) is 0 Å². The van der Waals surface area contributed by atoms with Gasteiger partial charge in [0.2, 0.25) is 0 Å². The van der Waals surface area contributed by atoms with Crippen LogP contribution in [-0.2, 0) is 11.3 Å². The number of carboxylic acid groups (broad SMARTS) is 1. The molecular formula is C12H15FO3. The zero-order chi connectivity index (χ0) is 12.1. The Kier molecular flexibility index (Phi) is 4.43. The van der Waals surface area contributed by atoms with E-state index in [0.717, 1.165) is 6.07 Å². The number of carbonyl (C=O) groups is 1. The molecule has 4 heteroatoms. The van der Waals surface area contributed by atoms with Crippen molar-refractivity contribution in [2.75, 3.05) is 6.61 Å². The van der Waals surface area contributed by atoms with Crippen LogP contribution >= 0.6 is 0 Å². The van der Waals surface area contributed by atoms with Crippen LogP contribution in [-0.4, -0.2) is 17.7 Å². The summed E-state index contributed by atoms with van der Waals surface area (Å²) in [7, 11) is 0. The Labute approximate surface area is 93.9 Å². The van der Waals surface area contributed by atoms with Crippen molar-refractivity contribution in [1.29, 1.82) is 0 Å². The Morgan fingerprint density at radius 3 is 2.75 bits per heavy atom. The first-order valence-electron chi connectivity index (χ1n) is 5.10. The van der Waals surface area contributed by atoms with E-state index in [1.54, 1.807) is 0 Å². The highest BCUT2D eigenvalue weighted by molar-refractivity contribution is 5.87. The molecule has 0 fully saturated rings. The summed E-state index contributed by atoms with van der Waals surface area (Å²) in [5.74, 6) is -1.13. The summed E-state index contributed by atoms with van der Waals surface area (Å²) in [5, 5.41) is 8.75. The monoisotopic (exact) mass is 226 g/mol. The summed E-state index contributed by atoms with van der Waals surface area (Å²) in [6.07, 6.45) is 0. The zero-order valence-corrected chi connectivity index (χ0v) is 9.37. The molecule has 1 N–H and O–H groups in total. The Balaban J connectivity index is 2.70. The molecule has 1 aromatic carbocycles. The van der Waals surface area contributed by atoms with Gasteiger partial charge >= 0.3 is 5.97 Å². The first-order chi connectivity index (χ1) is 7.50. The van der Waals surface area contributed by atoms with Gasteiger partial charge < -0.3 is 9.84 Å². The minimum atomic E-state index is -1.06. The predicted octanol–water partition coefficient (Wildman–Crippen LogP) is 2.70. The number of hydrogen-bond donors (Lipinski definition) is 1. The van der Waals surface area contributed by atoms with Gasteiger partial charge in [0.25, 0.3) is 0 Å². The maximum atomic E-state index is 13.3. The molecule has 0 spiro atoms. The fraction of sp³-hybridized carbons (Fsp3) is 0.417. The summed E-state index contributed by atoms with van der Waals surface area (Å²) in [5.41, 5.74) is 0.352. The standard InChI is InChI=1S/C12H15FO3/c1-8(2)6-16-7-10-5-9(12(14)15)3-4-11(10)13/h3-5,8H,6-7H2,1-2H3,(H,14,15). The molecule has 0 aliphatic heterocycles. The van der Waals surface area contributed by atoms with Crippen LogP contribution in [0.1, 0.15) is 29.8 Å². The summed E-state index contributed by atoms with van der Waals surface area (Å²) in [4.78, 5) is 10.7. The van der Waals surface area contributed by atoms with E-state index in [1.807, 2.05) is 13.8 Å². The van der Waals surface area contributed by atoms with Crippen LogP contribution in [0, 0.1) is 11.7 Å². The smallest absolute Gasteiger partial charge is 0.335 e. The van der Waals surface area contributed by atoms with Crippen molar-refractivity contribution in [3.8, 4) is 0 Å². The van der Waals surface area contributed by atoms with Crippen molar-refractivity contribution in [1.82, 2.24) is 0 Å². The van der Waals surface area contributed by atoms with Crippen molar-refractivity contribution < 1.29 is 19.0 Å². The number of ether oxygens (including phenoxy) is 1. The summed E-state index contributed by atoms with van der Waals surface area (Å²) in [6.45, 7) is 4.61. The average molecular weight is 226 g/mol. The molecular weight excluding hydrogens is 211 g/mol. The molecule has 0 aromatic heterocycles. The van der Waals surface area contributed by atoms with Crippen LogP contribution in [0.4, 0.5) is 4.39 Å². The highest BCUT2D eigenvalue weighted by Crippen LogP contribution is 2.12. The lowest BCUT2D eigenvalue weighted by Crippen LogP contribution is -2.05. The SMILES string of the molecule is CC(C)COCc1cc(C(=O)O)ccc1F. The Morgan fingerprint density at radius 2 is 2.19 bits per heavy atom. The number of carboxylic acids is 1. The molecule has 16 heavy (non-hydrogen) atoms. The number of rotatable bonds is 5. The highest BCUT2D eigenvalue weighted by Gasteiger charge is 2.08. The second-order valence-electron chi connectivity index (χ2n) is 4.02. The van der Waals surface area contributed by atoms with Gasteiger partial charge in [0.15, 0.2) is 0 Å². The van der Waals surface area contributed by atoms with Gasteiger partial charge in [-0.25, -0.2) is 9.18 Å². The van der Waals surface area contributed by atoms with Crippen molar-refractivity contribution >= 4 is 5.97 Å². The maximum absolute atomic E-state index is 13.3. The zero-order valence-electron chi connectivity index (χ0n) is 9.37. The molecule has 0 saturated carbocycles. The Morgan fingerprint density at radius 1 is 1.50 bits per heavy atom. The van der Waals surface area contributed by atoms with E-state index in [0.29, 0.717) is 12.5 Å². The molecule has 1 rings (SSSR count). The van der Waals surface area contributed by atoms with Gasteiger partial charge in [0, 0.05) is 12.2 Å². The van der Waals surface area contributed by atoms with E-state index in [9.17, 15) is 9.18 Å². The predicted molar refractivity (Wildman–Crippen MR) is 57.9 cm³/mol. The van der Waals surface area contributed by atoms with Crippen LogP contribution in [0.3, 0.4) is 0 Å². The van der Waals surface area contributed by atoms with E-state index in [4.69, 9.17) is 9.84 Å². The second kappa shape index (κ2) is 5.61. The van der Waals surface area contributed by atoms with Gasteiger partial charge in [-0.15, -0.1) is 0 Å². The fourth-order valence-electron chi connectivity index (χ4n) is 1.22. The van der Waals surface area contributed by atoms with Gasteiger partial charge in [0.05, 0.1) is 12.2 Å². The molecule has 0 aliphatic rings. The third kappa shape index (κ3) is 3.62. The Bertz CT molecular complexity index is 375. The van der Waals surface area contributed by atoms with Gasteiger partial charge in [-0.05, 0) is 24.1 Å². The summed E-state index contributed by atoms with van der Waals surface area (Å²) in [6, 6.07) is 3.69. The number of aromatic carboxylic acids is 1. The van der Waals surface area contributed by atoms with Crippen molar-refractivity contribution in [2.45, 2.75) is 20.5 Å². The van der Waals surface area contributed by atoms with Gasteiger partial charge in [0.1, 0.15) is 5.82 Å². The minimum Gasteiger partial charge on any atom is -0.478 e. The van der Waals surface area contributed by atoms with Crippen molar-refractivity contribution in [3.05, 3.63) is 35.1 Å². The molecule has 1 aromatic rings. The van der Waals surface area contributed by atoms with Crippen LogP contribution < -0.4 is 0 Å². The average Bonchev–Trinajstić information content (AvgIpc) is 2.20. The van der Waals surface area contributed by atoms with Gasteiger partial charge in [-0.2, -0.15) is 0 Å². The topological polar surface area (TPSA) is 46.5 Å². The molecule has 3 nitrogen and oxygen atoms in total. The van der Waals surface area contributed by atoms with E-state index in [1.165, 1.54) is 12.1 Å². The molecule has 0 saturated heterocycles. The first kappa shape index (κ1) is 12.6. The molecule has 0 bridgehead atoms. The molecule has 0 unspecified atom stereocenters. The van der Waals surface area contributed by atoms with E-state index < -0.39 is 11.8 Å². The van der Waals surface area contributed by atoms with Gasteiger partial charge in [-0.3, -0.25) is 0 Å². The fourth-order valence-corrected chi connectivity index (χ4v) is 1.22. The lowest BCUT2D eigenvalue weighted by molar-refractivity contribution is 0.0695. The van der Waals surface area contributed by atoms with Crippen LogP contribution in [0.2, 0.25) is 0 Å². The molecule has 88 valence electrons. The summed E-state index contributed by atoms with van der Waals surface area (Å²) < 4.78 is 18.5. The minimum absolute atomic E-state index is 0.0737. The third-order valence-electron chi connectivity index (χ3n) is 2.00. The lowest BCUT2D eigenvalue weighted by atomic mass is 10.1. The van der Waals surface area contributed by atoms with Crippen molar-refractivity contribution in [3.63, 3.8) is 0 Å². The molecule has 0 heterocycles. The van der Waals surface area contributed by atoms with Crippen LogP contribution in [0.15, 0.2) is 18.2 Å². The van der Waals surface area contributed by atoms with E-state index in [-0.39, 0.29) is 17.7 Å². The van der Waals surface area contributed by atoms with E-state index in [2.05, 4.69) is 0 Å². The molecule has 0 atom stereocenters. The van der Waals surface area contributed by atoms with Crippen molar-refractivity contribution in [2.24, 2.45) is 5.92 Å². The number of benzene rings is 1. The third-order valence-corrected chi connectivity index (χ3v) is 2.00. The molecule has 0 aliphatic carbocycles. The van der Waals surface area contributed by atoms with E-state index >= 15 is 0 Å². The quantitative estimate of drug-likeness (QED) is 0.839. The van der Waals surface area contributed by atoms with Gasteiger partial charge in [-0.1, -0.05) is 13.8 Å². The van der Waals surface area contributed by atoms with Crippen LogP contribution in [0.5, 0.6) is 0 Å². The molecule has 0 radical (unpaired) electrons. The number of hydrogen-bond acceptors (Lipinski definition) is 2. The number of halogens is 1. The first-order valence-corrected chi connectivity index (χ1v) is 5.10. The Hall–Kier alpha value is -1.42. The normalized spacial score (nSPS) is 10.8. The maximum Gasteiger partial charge on any atom is 0.335 e. The summed E-state index contributed by atoms with van der Waals surface area (Å²) >= 11 is 0. The second-order valence-corrected chi connectivity index (χ2v) is 4.02.